The number of hydrogen-bond acceptors (Lipinski definition) is 2. The fourth-order valence-electron chi connectivity index (χ4n) is 4.27. The standard InChI is InChI=1S/C19H23NO2S/c1-2-16-7-3-4-13-20(16)23(21,22)18-12-11-15-10-9-14-6-5-8-17(18)19(14)15/h5-6,8,11-12,16H,2-4,7,9-10,13H2,1H3/t16-/m0/s1. The maximum atomic E-state index is 13.3. The Hall–Kier alpha value is -1.39. The zero-order valence-corrected chi connectivity index (χ0v) is 14.4. The molecule has 0 saturated carbocycles. The average molecular weight is 329 g/mol. The van der Waals surface area contributed by atoms with Crippen molar-refractivity contribution in [3.05, 3.63) is 41.5 Å². The van der Waals surface area contributed by atoms with Gasteiger partial charge >= 0.3 is 0 Å². The molecule has 0 aromatic heterocycles. The summed E-state index contributed by atoms with van der Waals surface area (Å²) >= 11 is 0. The van der Waals surface area contributed by atoms with Crippen molar-refractivity contribution in [2.24, 2.45) is 0 Å². The van der Waals surface area contributed by atoms with Crippen molar-refractivity contribution in [3.8, 4) is 0 Å². The lowest BCUT2D eigenvalue weighted by Crippen LogP contribution is -2.43. The number of piperidine rings is 1. The molecule has 0 N–H and O–H groups in total. The second-order valence-corrected chi connectivity index (χ2v) is 8.60. The summed E-state index contributed by atoms with van der Waals surface area (Å²) in [7, 11) is -3.42. The molecule has 1 saturated heterocycles. The Kier molecular flexibility index (Phi) is 3.69. The van der Waals surface area contributed by atoms with Gasteiger partial charge in [0.25, 0.3) is 0 Å². The van der Waals surface area contributed by atoms with Crippen LogP contribution in [0, 0.1) is 0 Å². The van der Waals surface area contributed by atoms with Gasteiger partial charge < -0.3 is 0 Å². The minimum absolute atomic E-state index is 0.150. The molecule has 1 atom stereocenters. The largest absolute Gasteiger partial charge is 0.243 e. The smallest absolute Gasteiger partial charge is 0.207 e. The summed E-state index contributed by atoms with van der Waals surface area (Å²) in [5.74, 6) is 0. The van der Waals surface area contributed by atoms with Crippen molar-refractivity contribution < 1.29 is 8.42 Å². The maximum Gasteiger partial charge on any atom is 0.243 e. The van der Waals surface area contributed by atoms with Crippen molar-refractivity contribution in [1.82, 2.24) is 4.31 Å². The molecule has 4 rings (SSSR count). The van der Waals surface area contributed by atoms with Gasteiger partial charge in [0.2, 0.25) is 10.0 Å². The van der Waals surface area contributed by atoms with Crippen LogP contribution >= 0.6 is 0 Å². The zero-order valence-electron chi connectivity index (χ0n) is 13.6. The average Bonchev–Trinajstić information content (AvgIpc) is 3.00. The van der Waals surface area contributed by atoms with Crippen molar-refractivity contribution in [2.75, 3.05) is 6.54 Å². The second kappa shape index (κ2) is 5.60. The quantitative estimate of drug-likeness (QED) is 0.856. The van der Waals surface area contributed by atoms with Gasteiger partial charge in [-0.2, -0.15) is 4.31 Å². The molecule has 1 aliphatic carbocycles. The predicted molar refractivity (Wildman–Crippen MR) is 93.2 cm³/mol. The molecular formula is C19H23NO2S. The Morgan fingerprint density at radius 2 is 1.87 bits per heavy atom. The van der Waals surface area contributed by atoms with Crippen LogP contribution in [0.3, 0.4) is 0 Å². The molecule has 2 aromatic carbocycles. The van der Waals surface area contributed by atoms with Crippen LogP contribution in [-0.2, 0) is 22.9 Å². The van der Waals surface area contributed by atoms with Crippen molar-refractivity contribution in [1.29, 1.82) is 0 Å². The first kappa shape index (κ1) is 15.2. The normalized spacial score (nSPS) is 21.9. The van der Waals surface area contributed by atoms with Gasteiger partial charge in [-0.15, -0.1) is 0 Å². The van der Waals surface area contributed by atoms with E-state index >= 15 is 0 Å². The molecule has 0 radical (unpaired) electrons. The van der Waals surface area contributed by atoms with Crippen LogP contribution in [0.1, 0.15) is 43.7 Å². The predicted octanol–water partition coefficient (Wildman–Crippen LogP) is 3.89. The maximum absolute atomic E-state index is 13.3. The third-order valence-electron chi connectivity index (χ3n) is 5.47. The Morgan fingerprint density at radius 3 is 2.65 bits per heavy atom. The van der Waals surface area contributed by atoms with Crippen LogP contribution in [0.15, 0.2) is 35.2 Å². The summed E-state index contributed by atoms with van der Waals surface area (Å²) in [6.07, 6.45) is 6.03. The molecule has 0 amide bonds. The minimum atomic E-state index is -3.42. The number of sulfonamides is 1. The molecule has 1 heterocycles. The molecule has 1 aliphatic heterocycles. The fourth-order valence-corrected chi connectivity index (χ4v) is 6.23. The summed E-state index contributed by atoms with van der Waals surface area (Å²) in [5.41, 5.74) is 2.58. The van der Waals surface area contributed by atoms with E-state index in [2.05, 4.69) is 13.0 Å². The monoisotopic (exact) mass is 329 g/mol. The second-order valence-electron chi connectivity index (χ2n) is 6.74. The summed E-state index contributed by atoms with van der Waals surface area (Å²) in [6.45, 7) is 2.75. The van der Waals surface area contributed by atoms with E-state index in [0.29, 0.717) is 11.4 Å². The number of hydrogen-bond donors (Lipinski definition) is 0. The van der Waals surface area contributed by atoms with Gasteiger partial charge in [-0.1, -0.05) is 37.6 Å². The molecular weight excluding hydrogens is 306 g/mol. The Morgan fingerprint density at radius 1 is 1.09 bits per heavy atom. The lowest BCUT2D eigenvalue weighted by atomic mass is 10.0. The minimum Gasteiger partial charge on any atom is -0.207 e. The molecule has 122 valence electrons. The molecule has 2 aliphatic rings. The van der Waals surface area contributed by atoms with E-state index in [1.165, 1.54) is 16.5 Å². The lowest BCUT2D eigenvalue weighted by molar-refractivity contribution is 0.247. The zero-order chi connectivity index (χ0) is 16.0. The summed E-state index contributed by atoms with van der Waals surface area (Å²) in [5, 5.41) is 2.09. The van der Waals surface area contributed by atoms with Gasteiger partial charge in [-0.3, -0.25) is 0 Å². The van der Waals surface area contributed by atoms with Gasteiger partial charge in [-0.05, 0) is 54.7 Å². The highest BCUT2D eigenvalue weighted by atomic mass is 32.2. The molecule has 0 spiro atoms. The van der Waals surface area contributed by atoms with Crippen molar-refractivity contribution in [3.63, 3.8) is 0 Å². The molecule has 0 unspecified atom stereocenters. The third-order valence-corrected chi connectivity index (χ3v) is 7.48. The van der Waals surface area contributed by atoms with Gasteiger partial charge in [0.15, 0.2) is 0 Å². The number of aryl methyl sites for hydroxylation is 2. The van der Waals surface area contributed by atoms with Crippen LogP contribution in [-0.4, -0.2) is 25.3 Å². The van der Waals surface area contributed by atoms with E-state index in [0.717, 1.165) is 43.9 Å². The van der Waals surface area contributed by atoms with E-state index in [1.54, 1.807) is 4.31 Å². The Labute approximate surface area is 138 Å². The molecule has 1 fully saturated rings. The van der Waals surface area contributed by atoms with E-state index in [4.69, 9.17) is 0 Å². The summed E-state index contributed by atoms with van der Waals surface area (Å²) < 4.78 is 28.4. The van der Waals surface area contributed by atoms with Crippen LogP contribution in [0.25, 0.3) is 10.8 Å². The first-order valence-electron chi connectivity index (χ1n) is 8.68. The summed E-state index contributed by atoms with van der Waals surface area (Å²) in [4.78, 5) is 0.500. The fraction of sp³-hybridized carbons (Fsp3) is 0.474. The SMILES string of the molecule is CC[C@H]1CCCCN1S(=O)(=O)c1ccc2c3c(cccc13)CC2. The molecule has 2 aromatic rings. The molecule has 23 heavy (non-hydrogen) atoms. The van der Waals surface area contributed by atoms with E-state index < -0.39 is 10.0 Å². The highest BCUT2D eigenvalue weighted by Gasteiger charge is 2.34. The van der Waals surface area contributed by atoms with Crippen LogP contribution in [0.4, 0.5) is 0 Å². The first-order chi connectivity index (χ1) is 11.1. The van der Waals surface area contributed by atoms with Crippen molar-refractivity contribution in [2.45, 2.75) is 56.4 Å². The Balaban J connectivity index is 1.89. The van der Waals surface area contributed by atoms with Crippen LogP contribution < -0.4 is 0 Å². The van der Waals surface area contributed by atoms with Gasteiger partial charge in [0.1, 0.15) is 0 Å². The summed E-state index contributed by atoms with van der Waals surface area (Å²) in [6, 6.07) is 10.1. The van der Waals surface area contributed by atoms with Gasteiger partial charge in [-0.25, -0.2) is 8.42 Å². The lowest BCUT2D eigenvalue weighted by Gasteiger charge is -2.34. The molecule has 3 nitrogen and oxygen atoms in total. The highest BCUT2D eigenvalue weighted by molar-refractivity contribution is 7.89. The van der Waals surface area contributed by atoms with E-state index in [1.807, 2.05) is 24.3 Å². The Bertz CT molecular complexity index is 847. The first-order valence-corrected chi connectivity index (χ1v) is 10.1. The molecule has 0 bridgehead atoms. The van der Waals surface area contributed by atoms with Crippen LogP contribution in [0.2, 0.25) is 0 Å². The van der Waals surface area contributed by atoms with Crippen LogP contribution in [0.5, 0.6) is 0 Å². The van der Waals surface area contributed by atoms with E-state index in [9.17, 15) is 8.42 Å². The number of nitrogens with zero attached hydrogens (tertiary/aromatic N) is 1. The third kappa shape index (κ3) is 2.31. The van der Waals surface area contributed by atoms with Gasteiger partial charge in [0.05, 0.1) is 4.90 Å². The number of rotatable bonds is 3. The number of benzene rings is 2. The van der Waals surface area contributed by atoms with E-state index in [-0.39, 0.29) is 6.04 Å². The van der Waals surface area contributed by atoms with Gasteiger partial charge in [0, 0.05) is 18.0 Å². The topological polar surface area (TPSA) is 37.4 Å². The molecule has 4 heteroatoms. The van der Waals surface area contributed by atoms with Crippen molar-refractivity contribution >= 4 is 20.8 Å². The highest BCUT2D eigenvalue weighted by Crippen LogP contribution is 2.37.